The van der Waals surface area contributed by atoms with E-state index < -0.39 is 0 Å². The molecule has 4 heteroatoms. The third-order valence-electron chi connectivity index (χ3n) is 2.27. The first kappa shape index (κ1) is 10.9. The molecular weight excluding hydrogens is 222 g/mol. The number of halogens is 1. The molecule has 2 rings (SSSR count). The van der Waals surface area contributed by atoms with Crippen molar-refractivity contribution in [1.29, 1.82) is 0 Å². The third kappa shape index (κ3) is 2.70. The van der Waals surface area contributed by atoms with Crippen LogP contribution in [-0.2, 0) is 6.54 Å². The number of rotatable bonds is 3. The zero-order valence-corrected chi connectivity index (χ0v) is 9.72. The highest BCUT2D eigenvalue weighted by molar-refractivity contribution is 6.29. The lowest BCUT2D eigenvalue weighted by Crippen LogP contribution is -2.17. The number of aromatic nitrogens is 2. The molecule has 1 heterocycles. The monoisotopic (exact) mass is 233 g/mol. The van der Waals surface area contributed by atoms with Gasteiger partial charge in [-0.2, -0.15) is 0 Å². The molecule has 0 saturated carbocycles. The van der Waals surface area contributed by atoms with E-state index in [4.69, 9.17) is 11.6 Å². The topological polar surface area (TPSA) is 29.0 Å². The zero-order chi connectivity index (χ0) is 11.4. The van der Waals surface area contributed by atoms with E-state index in [0.717, 1.165) is 12.4 Å². The maximum Gasteiger partial charge on any atom is 0.151 e. The Morgan fingerprint density at radius 1 is 1.06 bits per heavy atom. The first-order valence-electron chi connectivity index (χ1n) is 5.00. The minimum atomic E-state index is 0.414. The summed E-state index contributed by atoms with van der Waals surface area (Å²) in [4.78, 5) is 2.03. The van der Waals surface area contributed by atoms with Crippen molar-refractivity contribution in [2.75, 3.05) is 11.9 Å². The van der Waals surface area contributed by atoms with E-state index in [-0.39, 0.29) is 0 Å². The quantitative estimate of drug-likeness (QED) is 0.816. The Hall–Kier alpha value is -1.61. The molecular formula is C12H12ClN3. The van der Waals surface area contributed by atoms with Crippen molar-refractivity contribution in [3.8, 4) is 0 Å². The van der Waals surface area contributed by atoms with Crippen LogP contribution in [0.4, 0.5) is 5.82 Å². The maximum absolute atomic E-state index is 5.68. The second-order valence-corrected chi connectivity index (χ2v) is 3.94. The summed E-state index contributed by atoms with van der Waals surface area (Å²) in [6, 6.07) is 13.8. The van der Waals surface area contributed by atoms with Gasteiger partial charge in [0.15, 0.2) is 11.0 Å². The average Bonchev–Trinajstić information content (AvgIpc) is 2.31. The Kier molecular flexibility index (Phi) is 3.37. The predicted molar refractivity (Wildman–Crippen MR) is 65.6 cm³/mol. The highest BCUT2D eigenvalue weighted by Crippen LogP contribution is 2.13. The van der Waals surface area contributed by atoms with Crippen LogP contribution in [0.15, 0.2) is 42.5 Å². The first-order chi connectivity index (χ1) is 7.75. The van der Waals surface area contributed by atoms with Gasteiger partial charge in [-0.15, -0.1) is 10.2 Å². The molecule has 82 valence electrons. The largest absolute Gasteiger partial charge is 0.354 e. The molecule has 0 fully saturated rings. The second kappa shape index (κ2) is 4.94. The molecule has 0 radical (unpaired) electrons. The summed E-state index contributed by atoms with van der Waals surface area (Å²) in [6.45, 7) is 0.803. The fraction of sp³-hybridized carbons (Fsp3) is 0.167. The van der Waals surface area contributed by atoms with Gasteiger partial charge in [-0.25, -0.2) is 0 Å². The van der Waals surface area contributed by atoms with Crippen molar-refractivity contribution in [3.63, 3.8) is 0 Å². The molecule has 3 nitrogen and oxygen atoms in total. The summed E-state index contributed by atoms with van der Waals surface area (Å²) in [5, 5.41) is 8.25. The molecule has 2 aromatic rings. The van der Waals surface area contributed by atoms with Gasteiger partial charge in [0, 0.05) is 13.6 Å². The van der Waals surface area contributed by atoms with Crippen LogP contribution in [0.25, 0.3) is 0 Å². The molecule has 0 unspecified atom stereocenters. The van der Waals surface area contributed by atoms with Crippen molar-refractivity contribution < 1.29 is 0 Å². The Morgan fingerprint density at radius 2 is 1.81 bits per heavy atom. The van der Waals surface area contributed by atoms with Crippen LogP contribution in [0.5, 0.6) is 0 Å². The summed E-state index contributed by atoms with van der Waals surface area (Å²) >= 11 is 5.68. The second-order valence-electron chi connectivity index (χ2n) is 3.56. The van der Waals surface area contributed by atoms with Crippen molar-refractivity contribution >= 4 is 17.4 Å². The SMILES string of the molecule is CN(Cc1ccccc1)c1ccc(Cl)nn1. The molecule has 0 atom stereocenters. The number of hydrogen-bond acceptors (Lipinski definition) is 3. The van der Waals surface area contributed by atoms with E-state index in [0.29, 0.717) is 5.15 Å². The van der Waals surface area contributed by atoms with E-state index >= 15 is 0 Å². The van der Waals surface area contributed by atoms with E-state index in [1.165, 1.54) is 5.56 Å². The Balaban J connectivity index is 2.09. The molecule has 1 aromatic heterocycles. The Bertz CT molecular complexity index is 442. The minimum absolute atomic E-state index is 0.414. The van der Waals surface area contributed by atoms with Crippen LogP contribution in [0.1, 0.15) is 5.56 Å². The molecule has 0 saturated heterocycles. The van der Waals surface area contributed by atoms with Crippen LogP contribution in [0, 0.1) is 0 Å². The molecule has 0 N–H and O–H groups in total. The van der Waals surface area contributed by atoms with Crippen molar-refractivity contribution in [2.24, 2.45) is 0 Å². The lowest BCUT2D eigenvalue weighted by atomic mass is 10.2. The van der Waals surface area contributed by atoms with E-state index in [1.807, 2.05) is 36.2 Å². The number of benzene rings is 1. The van der Waals surface area contributed by atoms with Crippen molar-refractivity contribution in [3.05, 3.63) is 53.2 Å². The molecule has 0 aliphatic rings. The van der Waals surface area contributed by atoms with Gasteiger partial charge in [0.05, 0.1) is 0 Å². The van der Waals surface area contributed by atoms with Gasteiger partial charge >= 0.3 is 0 Å². The third-order valence-corrected chi connectivity index (χ3v) is 2.47. The van der Waals surface area contributed by atoms with Crippen LogP contribution in [0.3, 0.4) is 0 Å². The van der Waals surface area contributed by atoms with E-state index in [9.17, 15) is 0 Å². The first-order valence-corrected chi connectivity index (χ1v) is 5.38. The fourth-order valence-corrected chi connectivity index (χ4v) is 1.55. The van der Waals surface area contributed by atoms with Crippen molar-refractivity contribution in [1.82, 2.24) is 10.2 Å². The van der Waals surface area contributed by atoms with Gasteiger partial charge in [-0.05, 0) is 17.7 Å². The Morgan fingerprint density at radius 3 is 2.44 bits per heavy atom. The molecule has 16 heavy (non-hydrogen) atoms. The summed E-state index contributed by atoms with van der Waals surface area (Å²) in [5.41, 5.74) is 1.24. The van der Waals surface area contributed by atoms with Crippen molar-refractivity contribution in [2.45, 2.75) is 6.54 Å². The lowest BCUT2D eigenvalue weighted by molar-refractivity contribution is 0.866. The minimum Gasteiger partial charge on any atom is -0.354 e. The molecule has 0 aliphatic heterocycles. The highest BCUT2D eigenvalue weighted by atomic mass is 35.5. The Labute approximate surface area is 99.7 Å². The van der Waals surface area contributed by atoms with Gasteiger partial charge < -0.3 is 4.90 Å². The molecule has 1 aromatic carbocycles. The normalized spacial score (nSPS) is 10.1. The molecule has 0 amide bonds. The standard InChI is InChI=1S/C12H12ClN3/c1-16(9-10-5-3-2-4-6-10)12-8-7-11(13)14-15-12/h2-8H,9H2,1H3. The number of anilines is 1. The highest BCUT2D eigenvalue weighted by Gasteiger charge is 2.03. The van der Waals surface area contributed by atoms with Crippen LogP contribution >= 0.6 is 11.6 Å². The summed E-state index contributed by atoms with van der Waals surface area (Å²) in [5.74, 6) is 0.813. The maximum atomic E-state index is 5.68. The smallest absolute Gasteiger partial charge is 0.151 e. The molecule has 0 bridgehead atoms. The van der Waals surface area contributed by atoms with Gasteiger partial charge in [0.25, 0.3) is 0 Å². The van der Waals surface area contributed by atoms with Crippen LogP contribution < -0.4 is 4.90 Å². The van der Waals surface area contributed by atoms with Gasteiger partial charge in [0.1, 0.15) is 0 Å². The fourth-order valence-electron chi connectivity index (χ4n) is 1.45. The van der Waals surface area contributed by atoms with Crippen LogP contribution in [0.2, 0.25) is 5.15 Å². The zero-order valence-electron chi connectivity index (χ0n) is 8.97. The summed E-state index contributed by atoms with van der Waals surface area (Å²) in [6.07, 6.45) is 0. The van der Waals surface area contributed by atoms with Gasteiger partial charge in [-0.1, -0.05) is 41.9 Å². The van der Waals surface area contributed by atoms with Gasteiger partial charge in [-0.3, -0.25) is 0 Å². The predicted octanol–water partition coefficient (Wildman–Crippen LogP) is 2.77. The van der Waals surface area contributed by atoms with Crippen LogP contribution in [-0.4, -0.2) is 17.2 Å². The van der Waals surface area contributed by atoms with Gasteiger partial charge in [0.2, 0.25) is 0 Å². The average molecular weight is 234 g/mol. The number of nitrogens with zero attached hydrogens (tertiary/aromatic N) is 3. The van der Waals surface area contributed by atoms with E-state index in [1.54, 1.807) is 6.07 Å². The lowest BCUT2D eigenvalue weighted by Gasteiger charge is -2.17. The van der Waals surface area contributed by atoms with E-state index in [2.05, 4.69) is 22.3 Å². The molecule has 0 spiro atoms. The number of hydrogen-bond donors (Lipinski definition) is 0. The summed E-state index contributed by atoms with van der Waals surface area (Å²) < 4.78 is 0. The molecule has 0 aliphatic carbocycles. The summed E-state index contributed by atoms with van der Waals surface area (Å²) in [7, 11) is 1.98.